The summed E-state index contributed by atoms with van der Waals surface area (Å²) in [4.78, 5) is 20.9. The number of anilines is 2. The molecule has 2 aromatic carbocycles. The van der Waals surface area contributed by atoms with E-state index in [4.69, 9.17) is 5.73 Å². The van der Waals surface area contributed by atoms with Crippen LogP contribution in [0, 0.1) is 11.6 Å². The first kappa shape index (κ1) is 17.6. The molecule has 28 heavy (non-hydrogen) atoms. The van der Waals surface area contributed by atoms with E-state index < -0.39 is 11.6 Å². The van der Waals surface area contributed by atoms with Gasteiger partial charge in [0.2, 0.25) is 5.91 Å². The minimum Gasteiger partial charge on any atom is -0.399 e. The average Bonchev–Trinajstić information content (AvgIpc) is 3.07. The Morgan fingerprint density at radius 1 is 1.07 bits per heavy atom. The van der Waals surface area contributed by atoms with Crippen LogP contribution in [0.3, 0.4) is 0 Å². The van der Waals surface area contributed by atoms with Crippen LogP contribution >= 0.6 is 0 Å². The van der Waals surface area contributed by atoms with Crippen molar-refractivity contribution in [3.8, 4) is 11.3 Å². The second-order valence-electron chi connectivity index (χ2n) is 6.24. The first-order chi connectivity index (χ1) is 13.5. The molecule has 0 unspecified atom stereocenters. The molecule has 2 heterocycles. The summed E-state index contributed by atoms with van der Waals surface area (Å²) in [5, 5.41) is 2.73. The van der Waals surface area contributed by atoms with E-state index in [9.17, 15) is 13.6 Å². The lowest BCUT2D eigenvalue weighted by Gasteiger charge is -2.07. The number of imidazole rings is 1. The molecular formula is C20H15F2N5O. The number of benzene rings is 2. The molecule has 0 aliphatic rings. The summed E-state index contributed by atoms with van der Waals surface area (Å²) < 4.78 is 28.0. The lowest BCUT2D eigenvalue weighted by Crippen LogP contribution is -2.16. The van der Waals surface area contributed by atoms with Gasteiger partial charge in [-0.3, -0.25) is 14.2 Å². The molecule has 0 aliphatic heterocycles. The predicted octanol–water partition coefficient (Wildman–Crippen LogP) is 3.44. The summed E-state index contributed by atoms with van der Waals surface area (Å²) in [6.45, 7) is 0. The van der Waals surface area contributed by atoms with Crippen molar-refractivity contribution < 1.29 is 13.6 Å². The zero-order chi connectivity index (χ0) is 19.7. The number of fused-ring (bicyclic) bond motifs is 1. The SMILES string of the molecule is Nc1cccc(-c2cn3c(NC(=O)Cc4ccc(F)c(F)c4)cnc3cn2)c1. The van der Waals surface area contributed by atoms with Gasteiger partial charge < -0.3 is 11.1 Å². The molecule has 2 aromatic heterocycles. The van der Waals surface area contributed by atoms with Gasteiger partial charge in [0.15, 0.2) is 17.3 Å². The van der Waals surface area contributed by atoms with Crippen molar-refractivity contribution in [1.82, 2.24) is 14.4 Å². The number of aromatic nitrogens is 3. The van der Waals surface area contributed by atoms with Crippen LogP contribution in [0.2, 0.25) is 0 Å². The molecule has 0 spiro atoms. The minimum atomic E-state index is -0.988. The fourth-order valence-electron chi connectivity index (χ4n) is 2.85. The summed E-state index contributed by atoms with van der Waals surface area (Å²) in [6, 6.07) is 10.7. The number of carbonyl (C=O) groups excluding carboxylic acids is 1. The van der Waals surface area contributed by atoms with Crippen LogP contribution < -0.4 is 11.1 Å². The van der Waals surface area contributed by atoms with Gasteiger partial charge in [-0.1, -0.05) is 18.2 Å². The predicted molar refractivity (Wildman–Crippen MR) is 102 cm³/mol. The second-order valence-corrected chi connectivity index (χ2v) is 6.24. The number of rotatable bonds is 4. The summed E-state index contributed by atoms with van der Waals surface area (Å²) in [5.41, 5.74) is 8.85. The van der Waals surface area contributed by atoms with E-state index in [1.165, 1.54) is 12.3 Å². The molecule has 3 N–H and O–H groups in total. The molecule has 0 aliphatic carbocycles. The number of nitrogens with one attached hydrogen (secondary N) is 1. The number of hydrogen-bond donors (Lipinski definition) is 2. The van der Waals surface area contributed by atoms with Crippen LogP contribution in [0.25, 0.3) is 16.9 Å². The number of hydrogen-bond acceptors (Lipinski definition) is 4. The van der Waals surface area contributed by atoms with Crippen LogP contribution in [0.15, 0.2) is 61.1 Å². The summed E-state index contributed by atoms with van der Waals surface area (Å²) in [7, 11) is 0. The second kappa shape index (κ2) is 7.07. The van der Waals surface area contributed by atoms with Crippen LogP contribution in [0.5, 0.6) is 0 Å². The van der Waals surface area contributed by atoms with Crippen LogP contribution in [0.4, 0.5) is 20.3 Å². The van der Waals surface area contributed by atoms with E-state index >= 15 is 0 Å². The molecule has 0 radical (unpaired) electrons. The Hall–Kier alpha value is -3.81. The molecular weight excluding hydrogens is 364 g/mol. The molecule has 0 atom stereocenters. The smallest absolute Gasteiger partial charge is 0.229 e. The Kier molecular flexibility index (Phi) is 4.44. The summed E-state index contributed by atoms with van der Waals surface area (Å²) >= 11 is 0. The Balaban J connectivity index is 1.59. The first-order valence-electron chi connectivity index (χ1n) is 8.42. The molecule has 4 rings (SSSR count). The van der Waals surface area contributed by atoms with Gasteiger partial charge >= 0.3 is 0 Å². The van der Waals surface area contributed by atoms with Crippen molar-refractivity contribution in [1.29, 1.82) is 0 Å². The largest absolute Gasteiger partial charge is 0.399 e. The fraction of sp³-hybridized carbons (Fsp3) is 0.0500. The third-order valence-electron chi connectivity index (χ3n) is 4.19. The minimum absolute atomic E-state index is 0.0996. The number of nitrogen functional groups attached to an aromatic ring is 1. The highest BCUT2D eigenvalue weighted by Crippen LogP contribution is 2.21. The first-order valence-corrected chi connectivity index (χ1v) is 8.42. The fourth-order valence-corrected chi connectivity index (χ4v) is 2.85. The van der Waals surface area contributed by atoms with Crippen molar-refractivity contribution in [2.75, 3.05) is 11.1 Å². The Morgan fingerprint density at radius 2 is 1.93 bits per heavy atom. The molecule has 0 saturated carbocycles. The maximum atomic E-state index is 13.3. The summed E-state index contributed by atoms with van der Waals surface area (Å²) in [5.74, 6) is -1.88. The van der Waals surface area contributed by atoms with Gasteiger partial charge in [0.05, 0.1) is 24.5 Å². The van der Waals surface area contributed by atoms with E-state index in [1.807, 2.05) is 12.1 Å². The van der Waals surface area contributed by atoms with Gasteiger partial charge in [-0.15, -0.1) is 0 Å². The molecule has 0 fully saturated rings. The number of carbonyl (C=O) groups is 1. The Bertz CT molecular complexity index is 1190. The zero-order valence-electron chi connectivity index (χ0n) is 14.6. The maximum Gasteiger partial charge on any atom is 0.229 e. The highest BCUT2D eigenvalue weighted by Gasteiger charge is 2.11. The van der Waals surface area contributed by atoms with Gasteiger partial charge in [-0.25, -0.2) is 13.8 Å². The maximum absolute atomic E-state index is 13.3. The third-order valence-corrected chi connectivity index (χ3v) is 4.19. The van der Waals surface area contributed by atoms with E-state index in [1.54, 1.807) is 28.9 Å². The molecule has 4 aromatic rings. The van der Waals surface area contributed by atoms with Gasteiger partial charge in [0.1, 0.15) is 5.82 Å². The number of amides is 1. The van der Waals surface area contributed by atoms with Gasteiger partial charge in [-0.05, 0) is 29.8 Å². The highest BCUT2D eigenvalue weighted by atomic mass is 19.2. The van der Waals surface area contributed by atoms with Crippen molar-refractivity contribution in [3.63, 3.8) is 0 Å². The van der Waals surface area contributed by atoms with Crippen molar-refractivity contribution in [2.45, 2.75) is 6.42 Å². The quantitative estimate of drug-likeness (QED) is 0.532. The third kappa shape index (κ3) is 3.52. The van der Waals surface area contributed by atoms with Crippen molar-refractivity contribution >= 4 is 23.1 Å². The van der Waals surface area contributed by atoms with Crippen molar-refractivity contribution in [3.05, 3.63) is 78.3 Å². The molecule has 6 nitrogen and oxygen atoms in total. The van der Waals surface area contributed by atoms with Gasteiger partial charge in [0.25, 0.3) is 0 Å². The normalized spacial score (nSPS) is 10.9. The molecule has 8 heteroatoms. The van der Waals surface area contributed by atoms with Crippen LogP contribution in [-0.4, -0.2) is 20.3 Å². The number of halogens is 2. The molecule has 1 amide bonds. The molecule has 0 saturated heterocycles. The zero-order valence-corrected chi connectivity index (χ0v) is 14.6. The average molecular weight is 379 g/mol. The Labute approximate surface area is 158 Å². The van der Waals surface area contributed by atoms with E-state index in [0.29, 0.717) is 28.4 Å². The van der Waals surface area contributed by atoms with Crippen LogP contribution in [-0.2, 0) is 11.2 Å². The lowest BCUT2D eigenvalue weighted by atomic mass is 10.1. The lowest BCUT2D eigenvalue weighted by molar-refractivity contribution is -0.115. The monoisotopic (exact) mass is 379 g/mol. The van der Waals surface area contributed by atoms with E-state index in [0.717, 1.165) is 17.7 Å². The van der Waals surface area contributed by atoms with Gasteiger partial charge in [-0.2, -0.15) is 0 Å². The van der Waals surface area contributed by atoms with E-state index in [-0.39, 0.29) is 12.3 Å². The number of nitrogens with zero attached hydrogens (tertiary/aromatic N) is 3. The molecule has 0 bridgehead atoms. The summed E-state index contributed by atoms with van der Waals surface area (Å²) in [6.07, 6.45) is 4.73. The number of nitrogens with two attached hydrogens (primary N) is 1. The topological polar surface area (TPSA) is 85.3 Å². The standard InChI is InChI=1S/C20H15F2N5O/c21-15-5-4-12(6-16(15)22)7-20(28)26-19-10-25-18-9-24-17(11-27(18)19)13-2-1-3-14(23)8-13/h1-6,8-11H,7,23H2,(H,26,28). The van der Waals surface area contributed by atoms with Crippen LogP contribution in [0.1, 0.15) is 5.56 Å². The Morgan fingerprint density at radius 3 is 2.71 bits per heavy atom. The van der Waals surface area contributed by atoms with Crippen molar-refractivity contribution in [2.24, 2.45) is 0 Å². The molecule has 140 valence electrons. The van der Waals surface area contributed by atoms with E-state index in [2.05, 4.69) is 15.3 Å². The highest BCUT2D eigenvalue weighted by molar-refractivity contribution is 5.91. The van der Waals surface area contributed by atoms with Gasteiger partial charge in [0, 0.05) is 17.4 Å².